The average molecular weight is 257 g/mol. The van der Waals surface area contributed by atoms with Crippen LogP contribution in [0.4, 0.5) is 0 Å². The van der Waals surface area contributed by atoms with Crippen LogP contribution in [0.15, 0.2) is 0 Å². The summed E-state index contributed by atoms with van der Waals surface area (Å²) in [6.45, 7) is 0.972. The number of hydrogen-bond donors (Lipinski definition) is 0. The van der Waals surface area contributed by atoms with E-state index in [1.807, 2.05) is 0 Å². The molecule has 0 aliphatic heterocycles. The number of carboxylic acids is 1. The van der Waals surface area contributed by atoms with E-state index in [2.05, 4.69) is 0 Å². The first-order chi connectivity index (χ1) is 1.73. The predicted octanol–water partition coefficient (Wildman–Crippen LogP) is -7.24. The van der Waals surface area contributed by atoms with Gasteiger partial charge in [-0.15, -0.1) is 0 Å². The van der Waals surface area contributed by atoms with Crippen molar-refractivity contribution in [2.24, 2.45) is 0 Å². The molecule has 0 aromatic carbocycles. The summed E-state index contributed by atoms with van der Waals surface area (Å²) in [5.74, 6) is -1.08. The van der Waals surface area contributed by atoms with E-state index in [0.717, 1.165) is 6.92 Å². The van der Waals surface area contributed by atoms with Crippen LogP contribution >= 0.6 is 0 Å². The molecule has 59 valence electrons. The summed E-state index contributed by atoms with van der Waals surface area (Å²) in [4.78, 5) is 8.89. The normalized spacial score (nSPS) is 3.12. The SMILES string of the molecule is CC(=O)[O-].[Cl-].[Cl-].[Cu+2].[Cu+]. The molecule has 2 nitrogen and oxygen atoms in total. The maximum atomic E-state index is 8.89. The van der Waals surface area contributed by atoms with E-state index in [1.165, 1.54) is 0 Å². The average Bonchev–Trinajstić information content (AvgIpc) is 0.811. The van der Waals surface area contributed by atoms with Crippen molar-refractivity contribution in [2.75, 3.05) is 0 Å². The Labute approximate surface area is 81.6 Å². The van der Waals surface area contributed by atoms with Crippen molar-refractivity contribution in [1.82, 2.24) is 0 Å². The summed E-state index contributed by atoms with van der Waals surface area (Å²) < 4.78 is 0. The first-order valence-corrected chi connectivity index (χ1v) is 0.908. The van der Waals surface area contributed by atoms with Crippen LogP contribution in [0.1, 0.15) is 6.92 Å². The fourth-order valence-electron chi connectivity index (χ4n) is 0. The third-order valence-electron chi connectivity index (χ3n) is 0. The van der Waals surface area contributed by atoms with Gasteiger partial charge in [0.2, 0.25) is 0 Å². The second kappa shape index (κ2) is 24.3. The van der Waals surface area contributed by atoms with Crippen LogP contribution in [0, 0.1) is 0 Å². The summed E-state index contributed by atoms with van der Waals surface area (Å²) in [6, 6.07) is 0. The summed E-state index contributed by atoms with van der Waals surface area (Å²) in [5.41, 5.74) is 0. The number of halogens is 2. The predicted molar refractivity (Wildman–Crippen MR) is 10.7 cm³/mol. The first-order valence-electron chi connectivity index (χ1n) is 0.908. The van der Waals surface area contributed by atoms with Gasteiger partial charge in [0.25, 0.3) is 0 Å². The van der Waals surface area contributed by atoms with Gasteiger partial charge in [-0.2, -0.15) is 0 Å². The summed E-state index contributed by atoms with van der Waals surface area (Å²) in [7, 11) is 0. The molecular formula is C2H3Cl2Cu2O2. The quantitative estimate of drug-likeness (QED) is 0.404. The van der Waals surface area contributed by atoms with Gasteiger partial charge < -0.3 is 34.7 Å². The smallest absolute Gasteiger partial charge is 1.00 e. The number of hydrogen-bond acceptors (Lipinski definition) is 2. The minimum atomic E-state index is -1.08. The Balaban J connectivity index is -0.00000000750. The first kappa shape index (κ1) is 35.6. The van der Waals surface area contributed by atoms with Crippen molar-refractivity contribution >= 4 is 5.97 Å². The van der Waals surface area contributed by atoms with E-state index < -0.39 is 5.97 Å². The number of aliphatic carboxylic acids is 1. The van der Waals surface area contributed by atoms with Gasteiger partial charge in [-0.05, 0) is 6.92 Å². The van der Waals surface area contributed by atoms with Gasteiger partial charge in [-0.1, -0.05) is 0 Å². The molecule has 1 radical (unpaired) electrons. The van der Waals surface area contributed by atoms with Crippen molar-refractivity contribution < 1.29 is 68.9 Å². The van der Waals surface area contributed by atoms with E-state index in [-0.39, 0.29) is 59.0 Å². The second-order valence-corrected chi connectivity index (χ2v) is 0.492. The Morgan fingerprint density at radius 3 is 1.38 bits per heavy atom. The molecule has 0 bridgehead atoms. The molecule has 8 heavy (non-hydrogen) atoms. The second-order valence-electron chi connectivity index (χ2n) is 0.492. The zero-order valence-electron chi connectivity index (χ0n) is 3.68. The number of rotatable bonds is 0. The van der Waals surface area contributed by atoms with Crippen molar-refractivity contribution in [3.63, 3.8) is 0 Å². The molecule has 0 saturated carbocycles. The Bertz CT molecular complexity index is 39.0. The van der Waals surface area contributed by atoms with Crippen molar-refractivity contribution in [3.05, 3.63) is 0 Å². The van der Waals surface area contributed by atoms with E-state index in [9.17, 15) is 0 Å². The van der Waals surface area contributed by atoms with Gasteiger partial charge in [0.15, 0.2) is 0 Å². The van der Waals surface area contributed by atoms with E-state index in [1.54, 1.807) is 0 Å². The molecule has 0 atom stereocenters. The third-order valence-corrected chi connectivity index (χ3v) is 0. The minimum Gasteiger partial charge on any atom is -1.00 e. The van der Waals surface area contributed by atoms with Crippen molar-refractivity contribution in [1.29, 1.82) is 0 Å². The van der Waals surface area contributed by atoms with Crippen LogP contribution in [0.2, 0.25) is 0 Å². The molecule has 0 unspecified atom stereocenters. The van der Waals surface area contributed by atoms with Gasteiger partial charge in [-0.25, -0.2) is 0 Å². The Hall–Kier alpha value is 1.09. The van der Waals surface area contributed by atoms with E-state index >= 15 is 0 Å². The molecule has 0 heterocycles. The molecular weight excluding hydrogens is 254 g/mol. The molecule has 0 saturated heterocycles. The maximum Gasteiger partial charge on any atom is 2.00 e. The molecule has 0 rings (SSSR count). The summed E-state index contributed by atoms with van der Waals surface area (Å²) in [6.07, 6.45) is 0. The van der Waals surface area contributed by atoms with Gasteiger partial charge in [-0.3, -0.25) is 0 Å². The molecule has 0 aliphatic carbocycles. The fourth-order valence-corrected chi connectivity index (χ4v) is 0. The van der Waals surface area contributed by atoms with Gasteiger partial charge in [0.1, 0.15) is 0 Å². The molecule has 0 N–H and O–H groups in total. The Morgan fingerprint density at radius 2 is 1.38 bits per heavy atom. The van der Waals surface area contributed by atoms with Crippen molar-refractivity contribution in [3.8, 4) is 0 Å². The number of carbonyl (C=O) groups excluding carboxylic acids is 1. The summed E-state index contributed by atoms with van der Waals surface area (Å²) >= 11 is 0. The molecule has 6 heteroatoms. The van der Waals surface area contributed by atoms with Crippen LogP contribution in [-0.4, -0.2) is 5.97 Å². The Morgan fingerprint density at radius 1 is 1.38 bits per heavy atom. The van der Waals surface area contributed by atoms with E-state index in [4.69, 9.17) is 9.90 Å². The zero-order valence-corrected chi connectivity index (χ0v) is 7.07. The van der Waals surface area contributed by atoms with Crippen molar-refractivity contribution in [2.45, 2.75) is 6.92 Å². The maximum absolute atomic E-state index is 8.89. The standard InChI is InChI=1S/C2H4O2.2ClH.2Cu/c1-2(3)4;;;;/h1H3,(H,3,4);2*1H;;/q;;;+1;+2/p-3. The molecule has 0 amide bonds. The molecule has 0 fully saturated rings. The Kier molecular flexibility index (Phi) is 108. The summed E-state index contributed by atoms with van der Waals surface area (Å²) in [5, 5.41) is 8.89. The molecule has 0 spiro atoms. The van der Waals surface area contributed by atoms with Crippen LogP contribution in [-0.2, 0) is 38.9 Å². The topological polar surface area (TPSA) is 40.1 Å². The van der Waals surface area contributed by atoms with Gasteiger partial charge >= 0.3 is 34.1 Å². The third kappa shape index (κ3) is 222. The zero-order chi connectivity index (χ0) is 3.58. The van der Waals surface area contributed by atoms with Gasteiger partial charge in [0, 0.05) is 5.97 Å². The van der Waals surface area contributed by atoms with E-state index in [0.29, 0.717) is 0 Å². The largest absolute Gasteiger partial charge is 2.00 e. The van der Waals surface area contributed by atoms with Crippen LogP contribution in [0.3, 0.4) is 0 Å². The van der Waals surface area contributed by atoms with Gasteiger partial charge in [0.05, 0.1) is 0 Å². The molecule has 0 aromatic heterocycles. The number of carboxylic acid groups (broad SMARTS) is 1. The monoisotopic (exact) mass is 255 g/mol. The molecule has 0 aromatic rings. The fraction of sp³-hybridized carbons (Fsp3) is 0.500. The van der Waals surface area contributed by atoms with Crippen LogP contribution in [0.5, 0.6) is 0 Å². The number of carbonyl (C=O) groups is 1. The molecule has 0 aliphatic rings. The van der Waals surface area contributed by atoms with Crippen LogP contribution in [0.25, 0.3) is 0 Å². The minimum absolute atomic E-state index is 0. The van der Waals surface area contributed by atoms with Crippen LogP contribution < -0.4 is 29.9 Å².